The van der Waals surface area contributed by atoms with Crippen molar-refractivity contribution >= 4 is 28.9 Å². The number of nitrogens with one attached hydrogen (secondary N) is 1. The van der Waals surface area contributed by atoms with Gasteiger partial charge in [-0.3, -0.25) is 4.79 Å². The summed E-state index contributed by atoms with van der Waals surface area (Å²) in [6, 6.07) is 22.4. The third kappa shape index (κ3) is 5.32. The summed E-state index contributed by atoms with van der Waals surface area (Å²) < 4.78 is 5.51. The van der Waals surface area contributed by atoms with Crippen LogP contribution in [0.1, 0.15) is 48.2 Å². The number of nitriles is 1. The van der Waals surface area contributed by atoms with E-state index in [0.717, 1.165) is 22.1 Å². The van der Waals surface area contributed by atoms with Crippen molar-refractivity contribution in [3.05, 3.63) is 89.6 Å². The number of hydrogen-bond acceptors (Lipinski definition) is 6. The quantitative estimate of drug-likeness (QED) is 0.378. The Morgan fingerprint density at radius 1 is 1.05 bits per heavy atom. The number of anilines is 1. The average Bonchev–Trinajstić information content (AvgIpc) is 2.87. The van der Waals surface area contributed by atoms with Crippen LogP contribution < -0.4 is 5.32 Å². The Morgan fingerprint density at radius 3 is 2.53 bits per heavy atom. The van der Waals surface area contributed by atoms with Crippen molar-refractivity contribution in [3.8, 4) is 17.2 Å². The Bertz CT molecular complexity index is 1560. The highest BCUT2D eigenvalue weighted by Gasteiger charge is 2.36. The summed E-state index contributed by atoms with van der Waals surface area (Å²) >= 11 is 0. The molecule has 2 aromatic heterocycles. The summed E-state index contributed by atoms with van der Waals surface area (Å²) in [5, 5.41) is 12.9. The minimum atomic E-state index is -0.569. The molecule has 4 aromatic rings. The number of fused-ring (bicyclic) bond motifs is 1. The van der Waals surface area contributed by atoms with Gasteiger partial charge in [-0.1, -0.05) is 18.2 Å². The van der Waals surface area contributed by atoms with Gasteiger partial charge in [0.2, 0.25) is 0 Å². The fourth-order valence-electron chi connectivity index (χ4n) is 4.39. The van der Waals surface area contributed by atoms with Crippen molar-refractivity contribution < 1.29 is 14.3 Å². The second-order valence-electron chi connectivity index (χ2n) is 10.3. The summed E-state index contributed by atoms with van der Waals surface area (Å²) in [4.78, 5) is 36.1. The molecule has 0 unspecified atom stereocenters. The van der Waals surface area contributed by atoms with Crippen molar-refractivity contribution in [2.45, 2.75) is 32.3 Å². The van der Waals surface area contributed by atoms with E-state index in [4.69, 9.17) is 4.74 Å². The largest absolute Gasteiger partial charge is 0.444 e. The SMILES string of the molecule is CC(C)(C)OC(=O)N1CC(c2cc(C(=O)Nc3ccc4cccnc4n3)ccc2-c2ccc(C#N)cc2)C1. The van der Waals surface area contributed by atoms with Crippen LogP contribution in [-0.2, 0) is 4.74 Å². The molecule has 38 heavy (non-hydrogen) atoms. The zero-order chi connectivity index (χ0) is 26.9. The third-order valence-corrected chi connectivity index (χ3v) is 6.32. The number of ether oxygens (including phenoxy) is 1. The Kier molecular flexibility index (Phi) is 6.52. The normalized spacial score (nSPS) is 13.5. The van der Waals surface area contributed by atoms with Crippen LogP contribution in [-0.4, -0.2) is 45.6 Å². The fourth-order valence-corrected chi connectivity index (χ4v) is 4.39. The van der Waals surface area contributed by atoms with Crippen LogP contribution in [0.15, 0.2) is 72.9 Å². The average molecular weight is 506 g/mol. The molecular formula is C30H27N5O3. The smallest absolute Gasteiger partial charge is 0.410 e. The summed E-state index contributed by atoms with van der Waals surface area (Å²) in [5.74, 6) is 0.159. The van der Waals surface area contributed by atoms with Crippen molar-refractivity contribution in [3.63, 3.8) is 0 Å². The van der Waals surface area contributed by atoms with E-state index in [1.807, 2.05) is 63.2 Å². The molecular weight excluding hydrogens is 478 g/mol. The summed E-state index contributed by atoms with van der Waals surface area (Å²) in [7, 11) is 0. The lowest BCUT2D eigenvalue weighted by molar-refractivity contribution is 0.00821. The lowest BCUT2D eigenvalue weighted by Gasteiger charge is -2.40. The molecule has 8 nitrogen and oxygen atoms in total. The van der Waals surface area contributed by atoms with E-state index in [1.165, 1.54) is 0 Å². The van der Waals surface area contributed by atoms with Gasteiger partial charge in [-0.15, -0.1) is 0 Å². The number of hydrogen-bond donors (Lipinski definition) is 1. The second kappa shape index (κ2) is 9.94. The topological polar surface area (TPSA) is 108 Å². The van der Waals surface area contributed by atoms with Gasteiger partial charge in [-0.25, -0.2) is 14.8 Å². The van der Waals surface area contributed by atoms with Crippen LogP contribution in [0.4, 0.5) is 10.6 Å². The Labute approximate surface area is 220 Å². The maximum absolute atomic E-state index is 13.2. The molecule has 0 radical (unpaired) electrons. The van der Waals surface area contributed by atoms with Crippen LogP contribution in [0.5, 0.6) is 0 Å². The second-order valence-corrected chi connectivity index (χ2v) is 10.3. The van der Waals surface area contributed by atoms with E-state index >= 15 is 0 Å². The number of aromatic nitrogens is 2. The lowest BCUT2D eigenvalue weighted by Crippen LogP contribution is -2.50. The van der Waals surface area contributed by atoms with Gasteiger partial charge in [-0.2, -0.15) is 5.26 Å². The number of nitrogens with zero attached hydrogens (tertiary/aromatic N) is 4. The van der Waals surface area contributed by atoms with Gasteiger partial charge in [0, 0.05) is 36.2 Å². The number of carbonyl (C=O) groups is 2. The van der Waals surface area contributed by atoms with E-state index in [-0.39, 0.29) is 17.9 Å². The molecule has 0 atom stereocenters. The van der Waals surface area contributed by atoms with Gasteiger partial charge in [0.05, 0.1) is 11.6 Å². The number of benzene rings is 2. The van der Waals surface area contributed by atoms with Crippen LogP contribution in [0, 0.1) is 11.3 Å². The Hall–Kier alpha value is -4.77. The van der Waals surface area contributed by atoms with Gasteiger partial charge in [0.1, 0.15) is 11.4 Å². The summed E-state index contributed by atoms with van der Waals surface area (Å²) in [6.45, 7) is 6.50. The summed E-state index contributed by atoms with van der Waals surface area (Å²) in [6.07, 6.45) is 1.31. The molecule has 3 heterocycles. The van der Waals surface area contributed by atoms with Crippen LogP contribution in [0.25, 0.3) is 22.2 Å². The number of amides is 2. The molecule has 1 aliphatic heterocycles. The van der Waals surface area contributed by atoms with Crippen LogP contribution >= 0.6 is 0 Å². The molecule has 0 saturated carbocycles. The Morgan fingerprint density at radius 2 is 1.82 bits per heavy atom. The minimum Gasteiger partial charge on any atom is -0.444 e. The summed E-state index contributed by atoms with van der Waals surface area (Å²) in [5.41, 5.74) is 3.88. The van der Waals surface area contributed by atoms with Gasteiger partial charge >= 0.3 is 6.09 Å². The predicted molar refractivity (Wildman–Crippen MR) is 145 cm³/mol. The first-order valence-corrected chi connectivity index (χ1v) is 12.4. The van der Waals surface area contributed by atoms with Crippen molar-refractivity contribution in [1.82, 2.24) is 14.9 Å². The highest BCUT2D eigenvalue weighted by molar-refractivity contribution is 6.04. The molecule has 2 aromatic carbocycles. The van der Waals surface area contributed by atoms with E-state index in [0.29, 0.717) is 35.7 Å². The van der Waals surface area contributed by atoms with Crippen LogP contribution in [0.2, 0.25) is 0 Å². The first kappa shape index (κ1) is 24.9. The zero-order valence-electron chi connectivity index (χ0n) is 21.4. The highest BCUT2D eigenvalue weighted by Crippen LogP contribution is 2.36. The van der Waals surface area contributed by atoms with Crippen molar-refractivity contribution in [2.75, 3.05) is 18.4 Å². The van der Waals surface area contributed by atoms with Gasteiger partial charge < -0.3 is 15.0 Å². The first-order valence-electron chi connectivity index (χ1n) is 12.4. The Balaban J connectivity index is 1.42. The molecule has 0 spiro atoms. The minimum absolute atomic E-state index is 0.0314. The predicted octanol–water partition coefficient (Wildman–Crippen LogP) is 5.76. The first-order chi connectivity index (χ1) is 18.2. The maximum Gasteiger partial charge on any atom is 0.410 e. The van der Waals surface area contributed by atoms with Crippen LogP contribution in [0.3, 0.4) is 0 Å². The van der Waals surface area contributed by atoms with E-state index in [1.54, 1.807) is 35.4 Å². The van der Waals surface area contributed by atoms with Gasteiger partial charge in [0.25, 0.3) is 5.91 Å². The molecule has 1 saturated heterocycles. The molecule has 1 fully saturated rings. The van der Waals surface area contributed by atoms with E-state index in [9.17, 15) is 14.9 Å². The molecule has 1 N–H and O–H groups in total. The number of pyridine rings is 2. The highest BCUT2D eigenvalue weighted by atomic mass is 16.6. The monoisotopic (exact) mass is 505 g/mol. The standard InChI is InChI=1S/C30H27N5O3/c1-30(2,3)38-29(37)35-17-23(18-35)25-15-22(10-12-24(25)20-8-6-19(16-31)7-9-20)28(36)34-26-13-11-21-5-4-14-32-27(21)33-26/h4-15,23H,17-18H2,1-3H3,(H,32,33,34,36). The molecule has 0 aliphatic carbocycles. The van der Waals surface area contributed by atoms with Crippen molar-refractivity contribution in [2.24, 2.45) is 0 Å². The van der Waals surface area contributed by atoms with Gasteiger partial charge in [0.15, 0.2) is 5.65 Å². The molecule has 190 valence electrons. The van der Waals surface area contributed by atoms with E-state index < -0.39 is 5.60 Å². The number of carbonyl (C=O) groups excluding carboxylic acids is 2. The molecule has 1 aliphatic rings. The van der Waals surface area contributed by atoms with E-state index in [2.05, 4.69) is 21.4 Å². The molecule has 0 bridgehead atoms. The van der Waals surface area contributed by atoms with Crippen molar-refractivity contribution in [1.29, 1.82) is 5.26 Å². The molecule has 8 heteroatoms. The maximum atomic E-state index is 13.2. The molecule has 5 rings (SSSR count). The van der Waals surface area contributed by atoms with Gasteiger partial charge in [-0.05, 0) is 86.0 Å². The lowest BCUT2D eigenvalue weighted by atomic mass is 9.84. The zero-order valence-corrected chi connectivity index (χ0v) is 21.4. The third-order valence-electron chi connectivity index (χ3n) is 6.32. The number of likely N-dealkylation sites (tertiary alicyclic amines) is 1. The fraction of sp³-hybridized carbons (Fsp3) is 0.233. The molecule has 2 amide bonds. The number of rotatable bonds is 4.